The van der Waals surface area contributed by atoms with Gasteiger partial charge in [0.05, 0.1) is 0 Å². The third kappa shape index (κ3) is 1.01. The summed E-state index contributed by atoms with van der Waals surface area (Å²) in [7, 11) is 0. The lowest BCUT2D eigenvalue weighted by molar-refractivity contribution is 0.602. The molecule has 1 aromatic heterocycles. The summed E-state index contributed by atoms with van der Waals surface area (Å²) in [5.41, 5.74) is 3.85. The normalized spacial score (nSPS) is 10.4. The molecule has 2 rings (SSSR count). The van der Waals surface area contributed by atoms with Crippen LogP contribution in [-0.2, 0) is 0 Å². The van der Waals surface area contributed by atoms with Crippen molar-refractivity contribution in [1.29, 1.82) is 0 Å². The van der Waals surface area contributed by atoms with Gasteiger partial charge in [-0.2, -0.15) is 0 Å². The average Bonchev–Trinajstić information content (AvgIpc) is 2.49. The van der Waals surface area contributed by atoms with E-state index in [1.165, 1.54) is 6.39 Å². The first-order chi connectivity index (χ1) is 5.77. The molecule has 2 nitrogen and oxygen atoms in total. The molecule has 2 heteroatoms. The van der Waals surface area contributed by atoms with E-state index in [2.05, 4.69) is 11.6 Å². The molecule has 0 aliphatic heterocycles. The Bertz CT molecular complexity index is 428. The lowest BCUT2D eigenvalue weighted by Gasteiger charge is -1.96. The highest BCUT2D eigenvalue weighted by atomic mass is 16.3. The highest BCUT2D eigenvalue weighted by Gasteiger charge is 1.99. The summed E-state index contributed by atoms with van der Waals surface area (Å²) in [6, 6.07) is 5.86. The fourth-order valence-corrected chi connectivity index (χ4v) is 1.12. The Morgan fingerprint density at radius 3 is 3.08 bits per heavy atom. The number of allylic oxidation sites excluding steroid dienone is 1. The topological polar surface area (TPSA) is 26.0 Å². The number of hydrogen-bond donors (Lipinski definition) is 0. The molecule has 12 heavy (non-hydrogen) atoms. The van der Waals surface area contributed by atoms with Gasteiger partial charge in [-0.1, -0.05) is 18.2 Å². The van der Waals surface area contributed by atoms with Gasteiger partial charge in [-0.15, -0.1) is 0 Å². The van der Waals surface area contributed by atoms with Gasteiger partial charge in [0.15, 0.2) is 12.0 Å². The van der Waals surface area contributed by atoms with Crippen molar-refractivity contribution in [2.24, 2.45) is 0 Å². The molecule has 0 aliphatic rings. The van der Waals surface area contributed by atoms with Gasteiger partial charge in [0.2, 0.25) is 0 Å². The van der Waals surface area contributed by atoms with Gasteiger partial charge in [-0.05, 0) is 24.6 Å². The third-order valence-corrected chi connectivity index (χ3v) is 1.82. The van der Waals surface area contributed by atoms with Crippen LogP contribution in [-0.4, -0.2) is 4.98 Å². The zero-order valence-electron chi connectivity index (χ0n) is 6.87. The summed E-state index contributed by atoms with van der Waals surface area (Å²) in [6.45, 7) is 5.83. The first kappa shape index (κ1) is 7.10. The van der Waals surface area contributed by atoms with Crippen molar-refractivity contribution in [3.8, 4) is 0 Å². The smallest absolute Gasteiger partial charge is 0.181 e. The van der Waals surface area contributed by atoms with Crippen LogP contribution in [0.15, 0.2) is 35.6 Å². The predicted molar refractivity (Wildman–Crippen MR) is 48.7 cm³/mol. The molecule has 0 amide bonds. The van der Waals surface area contributed by atoms with Gasteiger partial charge >= 0.3 is 0 Å². The van der Waals surface area contributed by atoms with E-state index in [0.717, 1.165) is 22.2 Å². The highest BCUT2D eigenvalue weighted by molar-refractivity contribution is 5.77. The quantitative estimate of drug-likeness (QED) is 0.639. The maximum Gasteiger partial charge on any atom is 0.181 e. The van der Waals surface area contributed by atoms with Gasteiger partial charge in [0.25, 0.3) is 0 Å². The maximum atomic E-state index is 5.11. The maximum absolute atomic E-state index is 5.11. The van der Waals surface area contributed by atoms with Crippen molar-refractivity contribution in [1.82, 2.24) is 4.98 Å². The minimum Gasteiger partial charge on any atom is -0.443 e. The van der Waals surface area contributed by atoms with Crippen LogP contribution in [0.25, 0.3) is 16.7 Å². The summed E-state index contributed by atoms with van der Waals surface area (Å²) in [6.07, 6.45) is 1.45. The molecule has 0 fully saturated rings. The minimum atomic E-state index is 0.819. The third-order valence-electron chi connectivity index (χ3n) is 1.82. The van der Waals surface area contributed by atoms with Crippen LogP contribution in [0.4, 0.5) is 0 Å². The van der Waals surface area contributed by atoms with Gasteiger partial charge in [-0.3, -0.25) is 0 Å². The summed E-state index contributed by atoms with van der Waals surface area (Å²) in [4.78, 5) is 4.05. The molecule has 0 N–H and O–H groups in total. The van der Waals surface area contributed by atoms with Crippen LogP contribution in [0.3, 0.4) is 0 Å². The Labute approximate surface area is 70.5 Å². The lowest BCUT2D eigenvalue weighted by Crippen LogP contribution is -1.76. The Morgan fingerprint density at radius 1 is 1.50 bits per heavy atom. The Morgan fingerprint density at radius 2 is 2.33 bits per heavy atom. The number of nitrogens with zero attached hydrogens (tertiary/aromatic N) is 1. The van der Waals surface area contributed by atoms with Gasteiger partial charge in [0, 0.05) is 0 Å². The first-order valence-electron chi connectivity index (χ1n) is 3.76. The van der Waals surface area contributed by atoms with Crippen molar-refractivity contribution >= 4 is 16.7 Å². The molecule has 60 valence electrons. The molecule has 0 unspecified atom stereocenters. The average molecular weight is 159 g/mol. The molecule has 0 atom stereocenters. The molecule has 2 aromatic rings. The summed E-state index contributed by atoms with van der Waals surface area (Å²) < 4.78 is 5.11. The Hall–Kier alpha value is -1.57. The molecule has 0 bridgehead atoms. The second-order valence-corrected chi connectivity index (χ2v) is 2.82. The SMILES string of the molecule is C=C(C)c1ccc2ocnc2c1. The molecule has 0 saturated heterocycles. The molecule has 0 saturated carbocycles. The molecular formula is C10H9NO. The van der Waals surface area contributed by atoms with Gasteiger partial charge in [-0.25, -0.2) is 4.98 Å². The molecule has 1 aromatic carbocycles. The highest BCUT2D eigenvalue weighted by Crippen LogP contribution is 2.18. The van der Waals surface area contributed by atoms with E-state index < -0.39 is 0 Å². The molecule has 0 spiro atoms. The standard InChI is InChI=1S/C10H9NO/c1-7(2)8-3-4-10-9(5-8)11-6-12-10/h3-6H,1H2,2H3. The van der Waals surface area contributed by atoms with Crippen LogP contribution < -0.4 is 0 Å². The predicted octanol–water partition coefficient (Wildman–Crippen LogP) is 2.86. The fraction of sp³-hybridized carbons (Fsp3) is 0.100. The zero-order chi connectivity index (χ0) is 8.55. The molecular weight excluding hydrogens is 150 g/mol. The summed E-state index contributed by atoms with van der Waals surface area (Å²) in [5.74, 6) is 0. The zero-order valence-corrected chi connectivity index (χ0v) is 6.87. The summed E-state index contributed by atoms with van der Waals surface area (Å²) in [5, 5.41) is 0. The number of hydrogen-bond acceptors (Lipinski definition) is 2. The van der Waals surface area contributed by atoms with E-state index >= 15 is 0 Å². The first-order valence-corrected chi connectivity index (χ1v) is 3.76. The van der Waals surface area contributed by atoms with E-state index in [9.17, 15) is 0 Å². The second kappa shape index (κ2) is 2.48. The summed E-state index contributed by atoms with van der Waals surface area (Å²) >= 11 is 0. The number of rotatable bonds is 1. The van der Waals surface area contributed by atoms with Gasteiger partial charge < -0.3 is 4.42 Å². The van der Waals surface area contributed by atoms with Crippen molar-refractivity contribution in [3.05, 3.63) is 36.7 Å². The monoisotopic (exact) mass is 159 g/mol. The van der Waals surface area contributed by atoms with Crippen molar-refractivity contribution < 1.29 is 4.42 Å². The number of benzene rings is 1. The van der Waals surface area contributed by atoms with Crippen molar-refractivity contribution in [2.45, 2.75) is 6.92 Å². The Balaban J connectivity index is 2.68. The molecule has 1 heterocycles. The fourth-order valence-electron chi connectivity index (χ4n) is 1.12. The van der Waals surface area contributed by atoms with Crippen molar-refractivity contribution in [3.63, 3.8) is 0 Å². The van der Waals surface area contributed by atoms with E-state index in [4.69, 9.17) is 4.42 Å². The molecule has 0 aliphatic carbocycles. The Kier molecular flexibility index (Phi) is 1.47. The van der Waals surface area contributed by atoms with Crippen LogP contribution in [0.5, 0.6) is 0 Å². The lowest BCUT2D eigenvalue weighted by atomic mass is 10.1. The van der Waals surface area contributed by atoms with Gasteiger partial charge in [0.1, 0.15) is 5.52 Å². The van der Waals surface area contributed by atoms with Crippen LogP contribution in [0.2, 0.25) is 0 Å². The second-order valence-electron chi connectivity index (χ2n) is 2.82. The largest absolute Gasteiger partial charge is 0.443 e. The van der Waals surface area contributed by atoms with E-state index in [1.807, 2.05) is 25.1 Å². The van der Waals surface area contributed by atoms with Crippen molar-refractivity contribution in [2.75, 3.05) is 0 Å². The number of aromatic nitrogens is 1. The van der Waals surface area contributed by atoms with Crippen LogP contribution in [0, 0.1) is 0 Å². The van der Waals surface area contributed by atoms with E-state index in [0.29, 0.717) is 0 Å². The minimum absolute atomic E-state index is 0.819. The number of oxazole rings is 1. The van der Waals surface area contributed by atoms with Crippen LogP contribution >= 0.6 is 0 Å². The number of fused-ring (bicyclic) bond motifs is 1. The molecule has 0 radical (unpaired) electrons. The van der Waals surface area contributed by atoms with Crippen LogP contribution in [0.1, 0.15) is 12.5 Å². The van der Waals surface area contributed by atoms with E-state index in [-0.39, 0.29) is 0 Å². The van der Waals surface area contributed by atoms with E-state index in [1.54, 1.807) is 0 Å².